The van der Waals surface area contributed by atoms with Gasteiger partial charge < -0.3 is 4.74 Å². The Bertz CT molecular complexity index is 349. The van der Waals surface area contributed by atoms with E-state index < -0.39 is 0 Å². The maximum Gasteiger partial charge on any atom is 0.306 e. The van der Waals surface area contributed by atoms with Gasteiger partial charge >= 0.3 is 5.97 Å². The van der Waals surface area contributed by atoms with Gasteiger partial charge in [0.15, 0.2) is 0 Å². The Labute approximate surface area is 115 Å². The monoisotopic (exact) mass is 261 g/mol. The van der Waals surface area contributed by atoms with Crippen LogP contribution < -0.4 is 0 Å². The molecule has 2 aliphatic rings. The van der Waals surface area contributed by atoms with Crippen LogP contribution in [-0.2, 0) is 9.53 Å². The van der Waals surface area contributed by atoms with Gasteiger partial charge in [-0.05, 0) is 25.9 Å². The summed E-state index contributed by atoms with van der Waals surface area (Å²) >= 11 is 0. The second kappa shape index (κ2) is 7.95. The van der Waals surface area contributed by atoms with E-state index in [2.05, 4.69) is 4.90 Å². The zero-order valence-corrected chi connectivity index (χ0v) is 11.5. The summed E-state index contributed by atoms with van der Waals surface area (Å²) in [6, 6.07) is 0. The first-order valence-electron chi connectivity index (χ1n) is 7.24. The van der Waals surface area contributed by atoms with Crippen LogP contribution in [0.5, 0.6) is 0 Å². The number of esters is 1. The van der Waals surface area contributed by atoms with Crippen LogP contribution >= 0.6 is 0 Å². The zero-order chi connectivity index (χ0) is 13.3. The highest BCUT2D eigenvalue weighted by molar-refractivity contribution is 5.70. The Morgan fingerprint density at radius 2 is 1.74 bits per heavy atom. The third-order valence-corrected chi connectivity index (χ3v) is 3.57. The molecule has 1 aliphatic carbocycles. The van der Waals surface area contributed by atoms with E-state index in [1.807, 2.05) is 36.5 Å². The normalized spacial score (nSPS) is 20.4. The Hall–Kier alpha value is -1.35. The van der Waals surface area contributed by atoms with Crippen LogP contribution in [0, 0.1) is 5.92 Å². The Balaban J connectivity index is 1.61. The van der Waals surface area contributed by atoms with E-state index in [1.165, 1.54) is 19.3 Å². The molecule has 0 aromatic heterocycles. The molecule has 2 rings (SSSR count). The summed E-state index contributed by atoms with van der Waals surface area (Å²) in [4.78, 5) is 14.1. The molecular formula is C16H23NO2. The molecule has 0 aromatic carbocycles. The van der Waals surface area contributed by atoms with Gasteiger partial charge in [0.25, 0.3) is 0 Å². The van der Waals surface area contributed by atoms with E-state index in [0.29, 0.717) is 13.0 Å². The molecule has 0 N–H and O–H groups in total. The van der Waals surface area contributed by atoms with Crippen molar-refractivity contribution < 1.29 is 9.53 Å². The second-order valence-corrected chi connectivity index (χ2v) is 5.15. The minimum atomic E-state index is -0.0989. The first-order chi connectivity index (χ1) is 9.34. The second-order valence-electron chi connectivity index (χ2n) is 5.15. The van der Waals surface area contributed by atoms with Gasteiger partial charge in [0.2, 0.25) is 0 Å². The fourth-order valence-electron chi connectivity index (χ4n) is 2.47. The summed E-state index contributed by atoms with van der Waals surface area (Å²) in [7, 11) is 0. The molecule has 1 heterocycles. The standard InChI is InChI=1S/C16H23NO2/c18-16(14-15-8-4-1-2-5-9-15)19-13-12-17-10-6-3-7-11-17/h1-2,4-5,8-9,15H,3,6-7,10-14H2. The van der Waals surface area contributed by atoms with Crippen LogP contribution in [0.3, 0.4) is 0 Å². The predicted molar refractivity (Wildman–Crippen MR) is 76.8 cm³/mol. The van der Waals surface area contributed by atoms with Crippen LogP contribution in [0.2, 0.25) is 0 Å². The molecule has 0 saturated carbocycles. The smallest absolute Gasteiger partial charge is 0.306 e. The molecule has 0 bridgehead atoms. The number of allylic oxidation sites excluding steroid dienone is 6. The summed E-state index contributed by atoms with van der Waals surface area (Å²) in [6.45, 7) is 3.70. The molecule has 1 fully saturated rings. The van der Waals surface area contributed by atoms with Crippen molar-refractivity contribution in [3.05, 3.63) is 36.5 Å². The van der Waals surface area contributed by atoms with E-state index in [-0.39, 0.29) is 11.9 Å². The molecule has 1 aliphatic heterocycles. The molecular weight excluding hydrogens is 238 g/mol. The average molecular weight is 261 g/mol. The van der Waals surface area contributed by atoms with E-state index in [9.17, 15) is 4.79 Å². The lowest BCUT2D eigenvalue weighted by atomic mass is 10.1. The molecule has 3 heteroatoms. The predicted octanol–water partition coefficient (Wildman–Crippen LogP) is 2.70. The fraction of sp³-hybridized carbons (Fsp3) is 0.562. The van der Waals surface area contributed by atoms with Gasteiger partial charge in [-0.3, -0.25) is 9.69 Å². The topological polar surface area (TPSA) is 29.5 Å². The van der Waals surface area contributed by atoms with Gasteiger partial charge in [0, 0.05) is 12.5 Å². The quantitative estimate of drug-likeness (QED) is 0.713. The third kappa shape index (κ3) is 5.43. The number of ether oxygens (including phenoxy) is 1. The molecule has 0 unspecified atom stereocenters. The molecule has 104 valence electrons. The minimum absolute atomic E-state index is 0.0989. The fourth-order valence-corrected chi connectivity index (χ4v) is 2.47. The molecule has 19 heavy (non-hydrogen) atoms. The molecule has 0 atom stereocenters. The Morgan fingerprint density at radius 3 is 2.42 bits per heavy atom. The number of nitrogens with zero attached hydrogens (tertiary/aromatic N) is 1. The van der Waals surface area contributed by atoms with Crippen LogP contribution in [0.25, 0.3) is 0 Å². The highest BCUT2D eigenvalue weighted by atomic mass is 16.5. The Kier molecular flexibility index (Phi) is 5.89. The van der Waals surface area contributed by atoms with E-state index in [0.717, 1.165) is 19.6 Å². The van der Waals surface area contributed by atoms with Crippen molar-refractivity contribution in [1.82, 2.24) is 4.90 Å². The van der Waals surface area contributed by atoms with Crippen molar-refractivity contribution in [3.8, 4) is 0 Å². The number of likely N-dealkylation sites (tertiary alicyclic amines) is 1. The maximum absolute atomic E-state index is 11.7. The van der Waals surface area contributed by atoms with E-state index >= 15 is 0 Å². The minimum Gasteiger partial charge on any atom is -0.464 e. The number of carbonyl (C=O) groups is 1. The van der Waals surface area contributed by atoms with Gasteiger partial charge in [-0.25, -0.2) is 0 Å². The van der Waals surface area contributed by atoms with E-state index in [4.69, 9.17) is 4.74 Å². The summed E-state index contributed by atoms with van der Waals surface area (Å²) in [5, 5.41) is 0. The lowest BCUT2D eigenvalue weighted by Crippen LogP contribution is -2.33. The first-order valence-corrected chi connectivity index (χ1v) is 7.24. The van der Waals surface area contributed by atoms with Crippen LogP contribution in [0.15, 0.2) is 36.5 Å². The molecule has 3 nitrogen and oxygen atoms in total. The summed E-state index contributed by atoms with van der Waals surface area (Å²) in [6.07, 6.45) is 16.3. The SMILES string of the molecule is O=C(CC1C=CC=CC=C1)OCCN1CCCCC1. The molecule has 1 saturated heterocycles. The molecule has 0 spiro atoms. The first kappa shape index (κ1) is 14.1. The van der Waals surface area contributed by atoms with Crippen molar-refractivity contribution in [1.29, 1.82) is 0 Å². The van der Waals surface area contributed by atoms with Crippen LogP contribution in [0.1, 0.15) is 25.7 Å². The van der Waals surface area contributed by atoms with Crippen molar-refractivity contribution in [2.45, 2.75) is 25.7 Å². The summed E-state index contributed by atoms with van der Waals surface area (Å²) < 4.78 is 5.32. The van der Waals surface area contributed by atoms with E-state index in [1.54, 1.807) is 0 Å². The van der Waals surface area contributed by atoms with Gasteiger partial charge in [-0.2, -0.15) is 0 Å². The number of rotatable bonds is 5. The van der Waals surface area contributed by atoms with Gasteiger partial charge in [0.05, 0.1) is 6.42 Å². The summed E-state index contributed by atoms with van der Waals surface area (Å²) in [5.74, 6) is 0.0655. The highest BCUT2D eigenvalue weighted by Crippen LogP contribution is 2.12. The van der Waals surface area contributed by atoms with Crippen molar-refractivity contribution in [2.24, 2.45) is 5.92 Å². The average Bonchev–Trinajstić information content (AvgIpc) is 2.68. The number of piperidine rings is 1. The van der Waals surface area contributed by atoms with Crippen LogP contribution in [0.4, 0.5) is 0 Å². The van der Waals surface area contributed by atoms with Gasteiger partial charge in [-0.1, -0.05) is 42.9 Å². The van der Waals surface area contributed by atoms with Crippen molar-refractivity contribution >= 4 is 5.97 Å². The maximum atomic E-state index is 11.7. The molecule has 0 radical (unpaired) electrons. The van der Waals surface area contributed by atoms with Gasteiger partial charge in [0.1, 0.15) is 6.61 Å². The summed E-state index contributed by atoms with van der Waals surface area (Å²) in [5.41, 5.74) is 0. The highest BCUT2D eigenvalue weighted by Gasteiger charge is 2.12. The number of hydrogen-bond donors (Lipinski definition) is 0. The molecule has 0 aromatic rings. The number of carbonyl (C=O) groups excluding carboxylic acids is 1. The largest absolute Gasteiger partial charge is 0.464 e. The lowest BCUT2D eigenvalue weighted by Gasteiger charge is -2.25. The van der Waals surface area contributed by atoms with Crippen molar-refractivity contribution in [2.75, 3.05) is 26.2 Å². The van der Waals surface area contributed by atoms with Gasteiger partial charge in [-0.15, -0.1) is 0 Å². The zero-order valence-electron chi connectivity index (χ0n) is 11.5. The van der Waals surface area contributed by atoms with Crippen molar-refractivity contribution in [3.63, 3.8) is 0 Å². The Morgan fingerprint density at radius 1 is 1.05 bits per heavy atom. The number of hydrogen-bond acceptors (Lipinski definition) is 3. The van der Waals surface area contributed by atoms with Crippen LogP contribution in [-0.4, -0.2) is 37.1 Å². The third-order valence-electron chi connectivity index (χ3n) is 3.57. The lowest BCUT2D eigenvalue weighted by molar-refractivity contribution is -0.144. The molecule has 0 amide bonds.